The summed E-state index contributed by atoms with van der Waals surface area (Å²) in [5.74, 6) is 0. The Balaban J connectivity index is 1.47. The molecule has 0 fully saturated rings. The van der Waals surface area contributed by atoms with Gasteiger partial charge >= 0.3 is 6.03 Å². The normalized spacial score (nSPS) is 14.9. The van der Waals surface area contributed by atoms with E-state index in [4.69, 9.17) is 23.2 Å². The third-order valence-electron chi connectivity index (χ3n) is 4.21. The van der Waals surface area contributed by atoms with Gasteiger partial charge in [-0.25, -0.2) is 9.78 Å². The van der Waals surface area contributed by atoms with Gasteiger partial charge in [-0.05, 0) is 36.4 Å². The maximum absolute atomic E-state index is 12.6. The molecule has 138 valence electrons. The number of rotatable bonds is 3. The van der Waals surface area contributed by atoms with Gasteiger partial charge in [0.2, 0.25) is 0 Å². The van der Waals surface area contributed by atoms with Crippen LogP contribution in [0, 0.1) is 0 Å². The number of halogens is 2. The van der Waals surface area contributed by atoms with E-state index < -0.39 is 0 Å². The number of benzene rings is 2. The molecule has 1 atom stereocenters. The summed E-state index contributed by atoms with van der Waals surface area (Å²) in [6.45, 7) is 0. The number of nitrogens with zero attached hydrogens (tertiary/aromatic N) is 2. The summed E-state index contributed by atoms with van der Waals surface area (Å²) in [6.07, 6.45) is -0.0731. The van der Waals surface area contributed by atoms with Crippen LogP contribution < -0.4 is 20.9 Å². The van der Waals surface area contributed by atoms with Gasteiger partial charge in [0.1, 0.15) is 6.17 Å². The Labute approximate surface area is 170 Å². The molecule has 27 heavy (non-hydrogen) atoms. The van der Waals surface area contributed by atoms with Crippen LogP contribution in [0.25, 0.3) is 0 Å². The second-order valence-corrected chi connectivity index (χ2v) is 7.52. The molecule has 0 bridgehead atoms. The molecule has 0 saturated heterocycles. The van der Waals surface area contributed by atoms with Crippen molar-refractivity contribution in [1.82, 2.24) is 4.98 Å². The van der Waals surface area contributed by atoms with Crippen LogP contribution in [0.5, 0.6) is 0 Å². The van der Waals surface area contributed by atoms with Crippen LogP contribution >= 0.6 is 34.5 Å². The largest absolute Gasteiger partial charge is 0.359 e. The van der Waals surface area contributed by atoms with E-state index in [1.54, 1.807) is 42.1 Å². The van der Waals surface area contributed by atoms with Gasteiger partial charge in [-0.1, -0.05) is 23.2 Å². The molecule has 2 amide bonds. The van der Waals surface area contributed by atoms with Gasteiger partial charge < -0.3 is 16.0 Å². The Kier molecular flexibility index (Phi) is 4.82. The van der Waals surface area contributed by atoms with Crippen LogP contribution in [0.15, 0.2) is 47.3 Å². The summed E-state index contributed by atoms with van der Waals surface area (Å²) in [5.41, 5.74) is 5.92. The highest BCUT2D eigenvalue weighted by Gasteiger charge is 2.23. The van der Waals surface area contributed by atoms with Crippen molar-refractivity contribution in [3.63, 3.8) is 0 Å². The van der Waals surface area contributed by atoms with E-state index in [-0.39, 0.29) is 12.2 Å². The number of carbonyl (C=O) groups is 1. The summed E-state index contributed by atoms with van der Waals surface area (Å²) < 4.78 is 0. The maximum atomic E-state index is 12.6. The fraction of sp³-hybridized carbons (Fsp3) is 0.111. The van der Waals surface area contributed by atoms with Crippen LogP contribution in [-0.4, -0.2) is 18.1 Å². The van der Waals surface area contributed by atoms with Crippen LogP contribution in [0.2, 0.25) is 10.0 Å². The van der Waals surface area contributed by atoms with E-state index in [1.807, 2.05) is 23.6 Å². The van der Waals surface area contributed by atoms with E-state index in [2.05, 4.69) is 20.9 Å². The second-order valence-electron chi connectivity index (χ2n) is 5.98. The molecule has 2 aromatic carbocycles. The average Bonchev–Trinajstić information content (AvgIpc) is 3.32. The molecular weight excluding hydrogens is 405 g/mol. The predicted molar refractivity (Wildman–Crippen MR) is 112 cm³/mol. The summed E-state index contributed by atoms with van der Waals surface area (Å²) in [4.78, 5) is 18.3. The number of hydrogen-bond donors (Lipinski definition) is 3. The third-order valence-corrected chi connectivity index (χ3v) is 5.56. The summed E-state index contributed by atoms with van der Waals surface area (Å²) in [7, 11) is 1.67. The van der Waals surface area contributed by atoms with Gasteiger partial charge in [0.25, 0.3) is 0 Å². The highest BCUT2D eigenvalue weighted by atomic mass is 35.5. The molecule has 1 aromatic heterocycles. The zero-order valence-corrected chi connectivity index (χ0v) is 16.5. The van der Waals surface area contributed by atoms with E-state index in [0.717, 1.165) is 17.1 Å². The molecule has 0 aliphatic carbocycles. The molecule has 0 saturated carbocycles. The van der Waals surface area contributed by atoms with Gasteiger partial charge in [-0.3, -0.25) is 4.90 Å². The highest BCUT2D eigenvalue weighted by Crippen LogP contribution is 2.37. The van der Waals surface area contributed by atoms with Crippen molar-refractivity contribution in [3.8, 4) is 0 Å². The van der Waals surface area contributed by atoms with Crippen molar-refractivity contribution in [2.24, 2.45) is 0 Å². The maximum Gasteiger partial charge on any atom is 0.326 e. The van der Waals surface area contributed by atoms with Gasteiger partial charge in [-0.2, -0.15) is 0 Å². The molecule has 3 N–H and O–H groups in total. The van der Waals surface area contributed by atoms with E-state index >= 15 is 0 Å². The van der Waals surface area contributed by atoms with E-state index in [9.17, 15) is 4.79 Å². The van der Waals surface area contributed by atoms with Gasteiger partial charge in [0.05, 0.1) is 32.6 Å². The molecule has 3 aromatic rings. The Morgan fingerprint density at radius 1 is 1.15 bits per heavy atom. The van der Waals surface area contributed by atoms with Crippen molar-refractivity contribution >= 4 is 63.3 Å². The zero-order chi connectivity index (χ0) is 19.0. The lowest BCUT2D eigenvalue weighted by Gasteiger charge is -2.19. The molecule has 2 heterocycles. The minimum absolute atomic E-state index is 0.0731. The van der Waals surface area contributed by atoms with Gasteiger partial charge in [-0.15, -0.1) is 11.3 Å². The molecule has 4 rings (SSSR count). The number of urea groups is 1. The topological polar surface area (TPSA) is 69.3 Å². The Bertz CT molecular complexity index is 995. The predicted octanol–water partition coefficient (Wildman–Crippen LogP) is 5.65. The molecule has 9 heteroatoms. The molecule has 1 aliphatic rings. The number of fused-ring (bicyclic) bond motifs is 1. The number of aromatic nitrogens is 1. The minimum atomic E-state index is -0.282. The lowest BCUT2D eigenvalue weighted by atomic mass is 10.2. The monoisotopic (exact) mass is 419 g/mol. The molecule has 6 nitrogen and oxygen atoms in total. The van der Waals surface area contributed by atoms with Crippen molar-refractivity contribution < 1.29 is 4.79 Å². The first-order valence-electron chi connectivity index (χ1n) is 8.06. The second kappa shape index (κ2) is 7.26. The van der Waals surface area contributed by atoms with Crippen LogP contribution in [0.1, 0.15) is 11.9 Å². The third kappa shape index (κ3) is 3.66. The number of amides is 2. The van der Waals surface area contributed by atoms with Crippen molar-refractivity contribution in [3.05, 3.63) is 63.0 Å². The lowest BCUT2D eigenvalue weighted by molar-refractivity contribution is 0.258. The summed E-state index contributed by atoms with van der Waals surface area (Å²) >= 11 is 13.5. The quantitative estimate of drug-likeness (QED) is 0.512. The number of anilines is 4. The van der Waals surface area contributed by atoms with Crippen molar-refractivity contribution in [1.29, 1.82) is 0 Å². The summed E-state index contributed by atoms with van der Waals surface area (Å²) in [6, 6.07) is 10.4. The number of hydrogen-bond acceptors (Lipinski definition) is 5. The van der Waals surface area contributed by atoms with Gasteiger partial charge in [0.15, 0.2) is 0 Å². The fourth-order valence-corrected chi connectivity index (χ4v) is 3.62. The standard InChI is InChI=1S/C18H15Cl2N5OS/c1-25(11-3-4-12(19)13(20)7-11)18(26)22-10-2-5-14-15(6-10)24-17(23-14)16-8-27-9-21-16/h2-9,17,23-24H,1H3,(H,22,26). The van der Waals surface area contributed by atoms with Gasteiger partial charge in [0, 0.05) is 23.8 Å². The Morgan fingerprint density at radius 2 is 1.96 bits per heavy atom. The summed E-state index contributed by atoms with van der Waals surface area (Å²) in [5, 5.41) is 12.4. The number of thiazole rings is 1. The van der Waals surface area contributed by atoms with Crippen molar-refractivity contribution in [2.75, 3.05) is 27.9 Å². The number of nitrogens with one attached hydrogen (secondary N) is 3. The molecular formula is C18H15Cl2N5OS. The SMILES string of the molecule is CN(C(=O)Nc1ccc2c(c1)NC(c1cscn1)N2)c1ccc(Cl)c(Cl)c1. The van der Waals surface area contributed by atoms with Crippen LogP contribution in [0.3, 0.4) is 0 Å². The molecule has 0 spiro atoms. The van der Waals surface area contributed by atoms with E-state index in [1.165, 1.54) is 4.90 Å². The fourth-order valence-electron chi connectivity index (χ4n) is 2.74. The first-order chi connectivity index (χ1) is 13.0. The first-order valence-corrected chi connectivity index (χ1v) is 9.76. The van der Waals surface area contributed by atoms with E-state index in [0.29, 0.717) is 21.4 Å². The zero-order valence-electron chi connectivity index (χ0n) is 14.2. The highest BCUT2D eigenvalue weighted by molar-refractivity contribution is 7.07. The van der Waals surface area contributed by atoms with Crippen LogP contribution in [0.4, 0.5) is 27.5 Å². The lowest BCUT2D eigenvalue weighted by Crippen LogP contribution is -2.31. The Morgan fingerprint density at radius 3 is 2.70 bits per heavy atom. The molecule has 1 unspecified atom stereocenters. The Hall–Kier alpha value is -2.48. The average molecular weight is 420 g/mol. The first kappa shape index (κ1) is 17.9. The molecule has 0 radical (unpaired) electrons. The number of carbonyl (C=O) groups excluding carboxylic acids is 1. The minimum Gasteiger partial charge on any atom is -0.359 e. The van der Waals surface area contributed by atoms with Crippen molar-refractivity contribution in [2.45, 2.75) is 6.17 Å². The van der Waals surface area contributed by atoms with Crippen LogP contribution in [-0.2, 0) is 0 Å². The molecule has 1 aliphatic heterocycles. The smallest absolute Gasteiger partial charge is 0.326 e.